The molecular weight excluding hydrogens is 476 g/mol. The number of methoxy groups -OCH3 is 1. The number of nitrogens with zero attached hydrogens (tertiary/aromatic N) is 2. The summed E-state index contributed by atoms with van der Waals surface area (Å²) < 4.78 is 11.3. The van der Waals surface area contributed by atoms with Gasteiger partial charge in [0.1, 0.15) is 11.9 Å². The number of ketones is 1. The number of para-hydroxylation sites is 2. The Kier molecular flexibility index (Phi) is 6.47. The van der Waals surface area contributed by atoms with Gasteiger partial charge >= 0.3 is 0 Å². The Balaban J connectivity index is 1.46. The number of amides is 1. The number of thiophene rings is 1. The molecule has 7 nitrogen and oxygen atoms in total. The molecule has 0 spiro atoms. The minimum atomic E-state index is -1.16. The van der Waals surface area contributed by atoms with E-state index in [-0.39, 0.29) is 23.7 Å². The van der Waals surface area contributed by atoms with Gasteiger partial charge in [0.15, 0.2) is 17.3 Å². The van der Waals surface area contributed by atoms with E-state index in [0.717, 1.165) is 4.88 Å². The van der Waals surface area contributed by atoms with Crippen molar-refractivity contribution in [2.45, 2.75) is 32.3 Å². The first-order valence-corrected chi connectivity index (χ1v) is 12.5. The molecule has 3 unspecified atom stereocenters. The summed E-state index contributed by atoms with van der Waals surface area (Å²) in [6, 6.07) is 18.3. The molecule has 184 valence electrons. The molecule has 1 N–H and O–H groups in total. The van der Waals surface area contributed by atoms with E-state index in [0.29, 0.717) is 34.2 Å². The Labute approximate surface area is 213 Å². The summed E-state index contributed by atoms with van der Waals surface area (Å²) in [5.41, 5.74) is 2.00. The number of hydrogen-bond donors (Lipinski definition) is 1. The van der Waals surface area contributed by atoms with Crippen molar-refractivity contribution in [3.8, 4) is 11.5 Å². The molecule has 0 fully saturated rings. The van der Waals surface area contributed by atoms with Crippen LogP contribution in [0.2, 0.25) is 0 Å². The molecule has 2 aliphatic rings. The number of fused-ring (bicyclic) bond motifs is 1. The van der Waals surface area contributed by atoms with E-state index in [2.05, 4.69) is 5.10 Å². The third-order valence-corrected chi connectivity index (χ3v) is 7.64. The van der Waals surface area contributed by atoms with Crippen LogP contribution in [-0.2, 0) is 9.59 Å². The molecule has 3 atom stereocenters. The van der Waals surface area contributed by atoms with E-state index < -0.39 is 17.9 Å². The lowest BCUT2D eigenvalue weighted by Gasteiger charge is -2.28. The molecule has 0 radical (unpaired) electrons. The minimum absolute atomic E-state index is 0.0266. The highest BCUT2D eigenvalue weighted by Gasteiger charge is 2.43. The summed E-state index contributed by atoms with van der Waals surface area (Å²) in [6.07, 6.45) is -1.13. The number of carbonyl (C=O) groups is 2. The van der Waals surface area contributed by atoms with Crippen LogP contribution in [0, 0.1) is 5.92 Å². The van der Waals surface area contributed by atoms with E-state index in [9.17, 15) is 14.7 Å². The number of aliphatic hydroxyl groups excluding tert-OH is 1. The van der Waals surface area contributed by atoms with E-state index in [4.69, 9.17) is 9.47 Å². The van der Waals surface area contributed by atoms with Gasteiger partial charge in [0, 0.05) is 28.5 Å². The number of rotatable bonds is 7. The first-order chi connectivity index (χ1) is 17.4. The molecule has 3 heterocycles. The van der Waals surface area contributed by atoms with Gasteiger partial charge in [0.25, 0.3) is 5.91 Å². The van der Waals surface area contributed by atoms with Gasteiger partial charge < -0.3 is 14.6 Å². The highest BCUT2D eigenvalue weighted by molar-refractivity contribution is 7.10. The van der Waals surface area contributed by atoms with Gasteiger partial charge in [-0.3, -0.25) is 9.59 Å². The van der Waals surface area contributed by atoms with E-state index >= 15 is 0 Å². The lowest BCUT2D eigenvalue weighted by molar-refractivity contribution is -0.121. The molecule has 0 saturated carbocycles. The smallest absolute Gasteiger partial charge is 0.256 e. The molecule has 36 heavy (non-hydrogen) atoms. The SMILES string of the molecule is COc1cccc2c1OC(C)=C(C(=O)CC(c1cccs1)C1C(=O)N(c3ccccc3)N=C1C)C2O. The molecule has 8 heteroatoms. The lowest BCUT2D eigenvalue weighted by Crippen LogP contribution is -2.33. The Morgan fingerprint density at radius 3 is 2.61 bits per heavy atom. The van der Waals surface area contributed by atoms with Crippen LogP contribution in [0.4, 0.5) is 5.69 Å². The monoisotopic (exact) mass is 502 g/mol. The number of ether oxygens (including phenoxy) is 2. The fraction of sp³-hybridized carbons (Fsp3) is 0.250. The summed E-state index contributed by atoms with van der Waals surface area (Å²) >= 11 is 1.50. The third kappa shape index (κ3) is 4.12. The first kappa shape index (κ1) is 24.0. The Morgan fingerprint density at radius 1 is 1.14 bits per heavy atom. The highest BCUT2D eigenvalue weighted by atomic mass is 32.1. The summed E-state index contributed by atoms with van der Waals surface area (Å²) in [4.78, 5) is 28.2. The number of hydrazone groups is 1. The first-order valence-electron chi connectivity index (χ1n) is 11.6. The highest BCUT2D eigenvalue weighted by Crippen LogP contribution is 2.45. The summed E-state index contributed by atoms with van der Waals surface area (Å²) in [6.45, 7) is 3.48. The Morgan fingerprint density at radius 2 is 1.92 bits per heavy atom. The predicted octanol–water partition coefficient (Wildman–Crippen LogP) is 5.24. The maximum absolute atomic E-state index is 13.7. The van der Waals surface area contributed by atoms with Gasteiger partial charge in [0.05, 0.1) is 24.3 Å². The zero-order chi connectivity index (χ0) is 25.4. The number of allylic oxidation sites excluding steroid dienone is 1. The van der Waals surface area contributed by atoms with Crippen molar-refractivity contribution in [1.29, 1.82) is 0 Å². The van der Waals surface area contributed by atoms with E-state index in [1.165, 1.54) is 23.5 Å². The van der Waals surface area contributed by atoms with E-state index in [1.807, 2.05) is 54.8 Å². The Hall–Kier alpha value is -3.75. The lowest BCUT2D eigenvalue weighted by atomic mass is 9.81. The number of carbonyl (C=O) groups excluding carboxylic acids is 2. The topological polar surface area (TPSA) is 88.4 Å². The van der Waals surface area contributed by atoms with Gasteiger partial charge in [-0.1, -0.05) is 36.4 Å². The molecule has 0 aliphatic carbocycles. The van der Waals surface area contributed by atoms with Gasteiger partial charge in [-0.05, 0) is 43.5 Å². The van der Waals surface area contributed by atoms with Crippen LogP contribution in [-0.4, -0.2) is 29.6 Å². The zero-order valence-corrected chi connectivity index (χ0v) is 21.0. The minimum Gasteiger partial charge on any atom is -0.493 e. The largest absolute Gasteiger partial charge is 0.493 e. The number of benzene rings is 2. The van der Waals surface area contributed by atoms with Crippen molar-refractivity contribution in [1.82, 2.24) is 0 Å². The van der Waals surface area contributed by atoms with Crippen molar-refractivity contribution in [3.05, 3.63) is 87.8 Å². The van der Waals surface area contributed by atoms with Crippen LogP contribution in [0.15, 0.2) is 82.5 Å². The number of anilines is 1. The average molecular weight is 503 g/mol. The normalized spacial score (nSPS) is 20.1. The summed E-state index contributed by atoms with van der Waals surface area (Å²) in [7, 11) is 1.53. The molecule has 0 saturated heterocycles. The molecule has 5 rings (SSSR count). The van der Waals surface area contributed by atoms with E-state index in [1.54, 1.807) is 25.1 Å². The van der Waals surface area contributed by atoms with Crippen LogP contribution in [0.3, 0.4) is 0 Å². The van der Waals surface area contributed by atoms with Crippen LogP contribution >= 0.6 is 11.3 Å². The molecule has 1 aromatic heterocycles. The molecule has 2 aromatic carbocycles. The summed E-state index contributed by atoms with van der Waals surface area (Å²) in [5, 5.41) is 19.1. The van der Waals surface area contributed by atoms with Crippen molar-refractivity contribution in [2.24, 2.45) is 11.0 Å². The van der Waals surface area contributed by atoms with Crippen LogP contribution in [0.1, 0.15) is 42.7 Å². The number of hydrogen-bond acceptors (Lipinski definition) is 7. The number of Topliss-reactive ketones (excluding diaryl/α,β-unsaturated/α-hetero) is 1. The zero-order valence-electron chi connectivity index (χ0n) is 20.2. The molecule has 0 bridgehead atoms. The van der Waals surface area contributed by atoms with Crippen LogP contribution in [0.5, 0.6) is 11.5 Å². The molecule has 3 aromatic rings. The van der Waals surface area contributed by atoms with Gasteiger partial charge in [0.2, 0.25) is 0 Å². The third-order valence-electron chi connectivity index (χ3n) is 6.63. The second kappa shape index (κ2) is 9.72. The fourth-order valence-corrected chi connectivity index (χ4v) is 5.78. The van der Waals surface area contributed by atoms with Gasteiger partial charge in [-0.15, -0.1) is 11.3 Å². The maximum atomic E-state index is 13.7. The van der Waals surface area contributed by atoms with Crippen molar-refractivity contribution in [2.75, 3.05) is 12.1 Å². The van der Waals surface area contributed by atoms with Gasteiger partial charge in [-0.25, -0.2) is 5.01 Å². The molecule has 2 aliphatic heterocycles. The van der Waals surface area contributed by atoms with Crippen molar-refractivity contribution in [3.63, 3.8) is 0 Å². The maximum Gasteiger partial charge on any atom is 0.256 e. The van der Waals surface area contributed by atoms with Crippen LogP contribution in [0.25, 0.3) is 0 Å². The van der Waals surface area contributed by atoms with Crippen LogP contribution < -0.4 is 14.5 Å². The molecular formula is C28H26N2O5S. The predicted molar refractivity (Wildman–Crippen MR) is 138 cm³/mol. The average Bonchev–Trinajstić information content (AvgIpc) is 3.51. The van der Waals surface area contributed by atoms with Crippen molar-refractivity contribution < 1.29 is 24.2 Å². The Bertz CT molecular complexity index is 1360. The standard InChI is InChI=1S/C28H26N2O5S/c1-16-24(28(33)30(29-16)18-9-5-4-6-10-18)20(23-13-8-14-36-23)15-21(31)25-17(2)35-27-19(26(25)32)11-7-12-22(27)34-3/h4-14,20,24,26,32H,15H2,1-3H3. The quantitative estimate of drug-likeness (QED) is 0.477. The molecule has 1 amide bonds. The van der Waals surface area contributed by atoms with Gasteiger partial charge in [-0.2, -0.15) is 5.10 Å². The second-order valence-electron chi connectivity index (χ2n) is 8.81. The fourth-order valence-electron chi connectivity index (χ4n) is 4.91. The second-order valence-corrected chi connectivity index (χ2v) is 9.79. The number of aliphatic hydroxyl groups is 1. The van der Waals surface area contributed by atoms with Crippen molar-refractivity contribution >= 4 is 34.4 Å². The summed E-state index contributed by atoms with van der Waals surface area (Å²) in [5.74, 6) is -0.258.